The molecule has 1 atom stereocenters. The molecule has 0 aliphatic carbocycles. The van der Waals surface area contributed by atoms with Gasteiger partial charge in [-0.1, -0.05) is 43.7 Å². The van der Waals surface area contributed by atoms with Gasteiger partial charge in [0.25, 0.3) is 0 Å². The highest BCUT2D eigenvalue weighted by atomic mass is 16.5. The number of ether oxygens (including phenoxy) is 3. The maximum atomic E-state index is 12.5. The molecule has 6 nitrogen and oxygen atoms in total. The van der Waals surface area contributed by atoms with Crippen LogP contribution in [-0.4, -0.2) is 27.4 Å². The maximum absolute atomic E-state index is 12.5. The van der Waals surface area contributed by atoms with Crippen LogP contribution in [0.5, 0.6) is 17.2 Å². The Hall–Kier alpha value is -2.89. The quantitative estimate of drug-likeness (QED) is 0.735. The van der Waals surface area contributed by atoms with E-state index in [2.05, 4.69) is 17.6 Å². The van der Waals surface area contributed by atoms with Gasteiger partial charge in [0.05, 0.1) is 33.1 Å². The zero-order chi connectivity index (χ0) is 18.9. The Morgan fingerprint density at radius 2 is 1.62 bits per heavy atom. The van der Waals surface area contributed by atoms with Gasteiger partial charge in [-0.05, 0) is 12.0 Å². The van der Waals surface area contributed by atoms with Crippen LogP contribution in [0.4, 0.5) is 10.5 Å². The van der Waals surface area contributed by atoms with Gasteiger partial charge < -0.3 is 24.8 Å². The van der Waals surface area contributed by atoms with Crippen molar-refractivity contribution in [2.24, 2.45) is 0 Å². The van der Waals surface area contributed by atoms with Crippen molar-refractivity contribution >= 4 is 11.7 Å². The summed E-state index contributed by atoms with van der Waals surface area (Å²) >= 11 is 0. The van der Waals surface area contributed by atoms with Crippen molar-refractivity contribution in [2.45, 2.75) is 25.8 Å². The van der Waals surface area contributed by atoms with Crippen LogP contribution in [0.3, 0.4) is 0 Å². The number of hydrogen-bond donors (Lipinski definition) is 2. The number of nitrogens with one attached hydrogen (secondary N) is 2. The molecule has 0 saturated heterocycles. The molecule has 0 aromatic heterocycles. The summed E-state index contributed by atoms with van der Waals surface area (Å²) in [6, 6.07) is 13.0. The van der Waals surface area contributed by atoms with Gasteiger partial charge in [-0.2, -0.15) is 0 Å². The first-order chi connectivity index (χ1) is 12.6. The van der Waals surface area contributed by atoms with Gasteiger partial charge in [0, 0.05) is 12.1 Å². The highest BCUT2D eigenvalue weighted by Gasteiger charge is 2.17. The Labute approximate surface area is 154 Å². The highest BCUT2D eigenvalue weighted by molar-refractivity contribution is 5.90. The molecule has 0 aliphatic rings. The van der Waals surface area contributed by atoms with Crippen molar-refractivity contribution in [1.29, 1.82) is 0 Å². The largest absolute Gasteiger partial charge is 0.493 e. The number of amides is 2. The third-order valence-electron chi connectivity index (χ3n) is 4.01. The topological polar surface area (TPSA) is 68.8 Å². The van der Waals surface area contributed by atoms with Crippen LogP contribution in [0.15, 0.2) is 42.5 Å². The predicted octanol–water partition coefficient (Wildman–Crippen LogP) is 4.38. The first-order valence-electron chi connectivity index (χ1n) is 8.55. The van der Waals surface area contributed by atoms with Crippen molar-refractivity contribution in [1.82, 2.24) is 5.32 Å². The lowest BCUT2D eigenvalue weighted by molar-refractivity contribution is 0.247. The molecule has 2 aromatic rings. The van der Waals surface area contributed by atoms with Gasteiger partial charge >= 0.3 is 6.03 Å². The summed E-state index contributed by atoms with van der Waals surface area (Å²) < 4.78 is 15.9. The average Bonchev–Trinajstić information content (AvgIpc) is 2.67. The van der Waals surface area contributed by atoms with Gasteiger partial charge in [-0.15, -0.1) is 0 Å². The van der Waals surface area contributed by atoms with E-state index in [1.165, 1.54) is 21.3 Å². The Balaban J connectivity index is 2.15. The number of carbonyl (C=O) groups is 1. The molecule has 140 valence electrons. The minimum absolute atomic E-state index is 0.0526. The standard InChI is InChI=1S/C20H26N2O4/c1-5-9-16(14-10-7-6-8-11-14)22-20(23)21-15-12-17(24-2)19(26-4)18(13-15)25-3/h6-8,10-13,16H,5,9H2,1-4H3,(H2,21,22,23)/t16-/m0/s1. The van der Waals surface area contributed by atoms with Gasteiger partial charge in [0.1, 0.15) is 0 Å². The first-order valence-corrected chi connectivity index (χ1v) is 8.55. The van der Waals surface area contributed by atoms with Crippen LogP contribution < -0.4 is 24.8 Å². The van der Waals surface area contributed by atoms with Crippen LogP contribution in [0, 0.1) is 0 Å². The summed E-state index contributed by atoms with van der Waals surface area (Å²) in [4.78, 5) is 12.5. The minimum Gasteiger partial charge on any atom is -0.493 e. The normalized spacial score (nSPS) is 11.4. The lowest BCUT2D eigenvalue weighted by Crippen LogP contribution is -2.32. The van der Waals surface area contributed by atoms with Crippen LogP contribution in [0.25, 0.3) is 0 Å². The monoisotopic (exact) mass is 358 g/mol. The molecule has 26 heavy (non-hydrogen) atoms. The van der Waals surface area contributed by atoms with E-state index in [1.807, 2.05) is 30.3 Å². The Kier molecular flexibility index (Phi) is 7.14. The summed E-state index contributed by atoms with van der Waals surface area (Å²) in [7, 11) is 4.61. The van der Waals surface area contributed by atoms with Crippen molar-refractivity contribution in [2.75, 3.05) is 26.6 Å². The third-order valence-corrected chi connectivity index (χ3v) is 4.01. The van der Waals surface area contributed by atoms with E-state index in [0.717, 1.165) is 18.4 Å². The summed E-state index contributed by atoms with van der Waals surface area (Å²) in [6.45, 7) is 2.09. The molecular formula is C20H26N2O4. The fourth-order valence-corrected chi connectivity index (χ4v) is 2.77. The average molecular weight is 358 g/mol. The van der Waals surface area contributed by atoms with E-state index >= 15 is 0 Å². The number of hydrogen-bond acceptors (Lipinski definition) is 4. The number of methoxy groups -OCH3 is 3. The molecule has 6 heteroatoms. The molecule has 0 fully saturated rings. The zero-order valence-electron chi connectivity index (χ0n) is 15.7. The van der Waals surface area contributed by atoms with Crippen molar-refractivity contribution in [3.63, 3.8) is 0 Å². The molecule has 0 heterocycles. The summed E-state index contributed by atoms with van der Waals surface area (Å²) in [5, 5.41) is 5.86. The fourth-order valence-electron chi connectivity index (χ4n) is 2.77. The minimum atomic E-state index is -0.290. The van der Waals surface area contributed by atoms with Crippen molar-refractivity contribution in [3.8, 4) is 17.2 Å². The second-order valence-corrected chi connectivity index (χ2v) is 5.76. The maximum Gasteiger partial charge on any atom is 0.319 e. The fraction of sp³-hybridized carbons (Fsp3) is 0.350. The molecule has 2 amide bonds. The Morgan fingerprint density at radius 3 is 2.12 bits per heavy atom. The zero-order valence-corrected chi connectivity index (χ0v) is 15.7. The van der Waals surface area contributed by atoms with Crippen LogP contribution >= 0.6 is 0 Å². The molecule has 2 rings (SSSR count). The number of anilines is 1. The van der Waals surface area contributed by atoms with Gasteiger partial charge in [-0.25, -0.2) is 4.79 Å². The van der Waals surface area contributed by atoms with E-state index in [-0.39, 0.29) is 12.1 Å². The van der Waals surface area contributed by atoms with E-state index in [1.54, 1.807) is 12.1 Å². The second kappa shape index (κ2) is 9.56. The number of urea groups is 1. The molecule has 0 saturated carbocycles. The molecule has 0 aliphatic heterocycles. The third kappa shape index (κ3) is 4.81. The van der Waals surface area contributed by atoms with Crippen molar-refractivity contribution in [3.05, 3.63) is 48.0 Å². The number of carbonyl (C=O) groups excluding carboxylic acids is 1. The van der Waals surface area contributed by atoms with E-state index < -0.39 is 0 Å². The molecule has 2 N–H and O–H groups in total. The molecule has 2 aromatic carbocycles. The summed E-state index contributed by atoms with van der Waals surface area (Å²) in [6.07, 6.45) is 1.82. The van der Waals surface area contributed by atoms with Crippen LogP contribution in [0.2, 0.25) is 0 Å². The van der Waals surface area contributed by atoms with Gasteiger partial charge in [-0.3, -0.25) is 0 Å². The lowest BCUT2D eigenvalue weighted by Gasteiger charge is -2.20. The van der Waals surface area contributed by atoms with Crippen LogP contribution in [0.1, 0.15) is 31.4 Å². The van der Waals surface area contributed by atoms with Crippen LogP contribution in [-0.2, 0) is 0 Å². The molecule has 0 spiro atoms. The predicted molar refractivity (Wildman–Crippen MR) is 102 cm³/mol. The highest BCUT2D eigenvalue weighted by Crippen LogP contribution is 2.39. The van der Waals surface area contributed by atoms with Gasteiger partial charge in [0.15, 0.2) is 11.5 Å². The number of rotatable bonds is 8. The summed E-state index contributed by atoms with van der Waals surface area (Å²) in [5.74, 6) is 1.44. The lowest BCUT2D eigenvalue weighted by atomic mass is 10.0. The Morgan fingerprint density at radius 1 is 1.00 bits per heavy atom. The second-order valence-electron chi connectivity index (χ2n) is 5.76. The molecule has 0 radical (unpaired) electrons. The SMILES string of the molecule is CCC[C@H](NC(=O)Nc1cc(OC)c(OC)c(OC)c1)c1ccccc1. The number of benzene rings is 2. The summed E-state index contributed by atoms with van der Waals surface area (Å²) in [5.41, 5.74) is 1.63. The van der Waals surface area contributed by atoms with E-state index in [0.29, 0.717) is 22.9 Å². The van der Waals surface area contributed by atoms with Gasteiger partial charge in [0.2, 0.25) is 5.75 Å². The molecule has 0 bridgehead atoms. The molecule has 0 unspecified atom stereocenters. The van der Waals surface area contributed by atoms with E-state index in [4.69, 9.17) is 14.2 Å². The first kappa shape index (κ1) is 19.4. The smallest absolute Gasteiger partial charge is 0.319 e. The Bertz CT molecular complexity index is 694. The van der Waals surface area contributed by atoms with E-state index in [9.17, 15) is 4.79 Å². The molecular weight excluding hydrogens is 332 g/mol. The van der Waals surface area contributed by atoms with Crippen molar-refractivity contribution < 1.29 is 19.0 Å².